The molecular weight excluding hydrogens is 424 g/mol. The minimum absolute atomic E-state index is 0.161. The predicted molar refractivity (Wildman–Crippen MR) is 111 cm³/mol. The van der Waals surface area contributed by atoms with Gasteiger partial charge in [-0.2, -0.15) is 5.10 Å². The maximum absolute atomic E-state index is 6.36. The Morgan fingerprint density at radius 3 is 2.48 bits per heavy atom. The summed E-state index contributed by atoms with van der Waals surface area (Å²) in [6, 6.07) is 24.5. The number of ether oxygens (including phenoxy) is 1. The first-order valence-electron chi connectivity index (χ1n) is 8.82. The van der Waals surface area contributed by atoms with Gasteiger partial charge in [-0.3, -0.25) is 0 Å². The number of halogens is 2. The highest BCUT2D eigenvalue weighted by atomic mass is 79.9. The standard InChI is InChI=1S/C22H16BrClN2O/c23-16-9-5-15(6-10-16)22-26-20(18-3-1-2-4-21(18)27-22)13-19(25-26)14-7-11-17(24)12-8-14/h1-12,20,22H,13H2/t20-,22-/m0/s1. The number of nitrogens with zero attached hydrogens (tertiary/aromatic N) is 2. The van der Waals surface area contributed by atoms with Crippen molar-refractivity contribution in [2.24, 2.45) is 5.10 Å². The molecule has 0 fully saturated rings. The molecule has 0 aliphatic carbocycles. The molecule has 3 nitrogen and oxygen atoms in total. The fraction of sp³-hybridized carbons (Fsp3) is 0.136. The molecule has 0 saturated carbocycles. The first-order valence-corrected chi connectivity index (χ1v) is 9.99. The van der Waals surface area contributed by atoms with E-state index in [0.717, 1.165) is 38.5 Å². The molecule has 3 aromatic carbocycles. The Labute approximate surface area is 171 Å². The lowest BCUT2D eigenvalue weighted by Crippen LogP contribution is -2.33. The molecule has 0 spiro atoms. The molecule has 5 heteroatoms. The molecule has 3 aromatic rings. The number of fused-ring (bicyclic) bond motifs is 3. The summed E-state index contributed by atoms with van der Waals surface area (Å²) in [5, 5.41) is 7.78. The minimum atomic E-state index is -0.247. The van der Waals surface area contributed by atoms with Gasteiger partial charge in [-0.05, 0) is 35.9 Å². The van der Waals surface area contributed by atoms with Gasteiger partial charge in [0.1, 0.15) is 5.75 Å². The summed E-state index contributed by atoms with van der Waals surface area (Å²) < 4.78 is 7.40. The molecule has 2 heterocycles. The van der Waals surface area contributed by atoms with Gasteiger partial charge in [0, 0.05) is 27.0 Å². The van der Waals surface area contributed by atoms with Gasteiger partial charge in [0.15, 0.2) is 0 Å². The second-order valence-corrected chi connectivity index (χ2v) is 8.07. The molecule has 0 aromatic heterocycles. The van der Waals surface area contributed by atoms with E-state index >= 15 is 0 Å². The molecular formula is C22H16BrClN2O. The smallest absolute Gasteiger partial charge is 0.213 e. The number of hydrogen-bond acceptors (Lipinski definition) is 3. The molecule has 2 aliphatic heterocycles. The van der Waals surface area contributed by atoms with Crippen molar-refractivity contribution in [1.82, 2.24) is 5.01 Å². The van der Waals surface area contributed by atoms with E-state index < -0.39 is 0 Å². The molecule has 2 aliphatic rings. The second-order valence-electron chi connectivity index (χ2n) is 6.71. The predicted octanol–water partition coefficient (Wildman–Crippen LogP) is 6.34. The second kappa shape index (κ2) is 6.70. The van der Waals surface area contributed by atoms with Crippen LogP contribution >= 0.6 is 27.5 Å². The van der Waals surface area contributed by atoms with Crippen molar-refractivity contribution in [3.05, 3.63) is 99.0 Å². The van der Waals surface area contributed by atoms with Crippen molar-refractivity contribution in [3.63, 3.8) is 0 Å². The SMILES string of the molecule is Clc1ccc(C2=NN3[C@@H](C2)c2ccccc2O[C@H]3c2ccc(Br)cc2)cc1. The Morgan fingerprint density at radius 2 is 1.70 bits per heavy atom. The summed E-state index contributed by atoms with van der Waals surface area (Å²) in [5.74, 6) is 0.930. The third-order valence-electron chi connectivity index (χ3n) is 5.03. The third kappa shape index (κ3) is 3.03. The van der Waals surface area contributed by atoms with Gasteiger partial charge in [0.05, 0.1) is 11.8 Å². The molecule has 0 N–H and O–H groups in total. The van der Waals surface area contributed by atoms with Crippen LogP contribution in [0.2, 0.25) is 5.02 Å². The molecule has 2 atom stereocenters. The molecule has 134 valence electrons. The largest absolute Gasteiger partial charge is 0.464 e. The Kier molecular flexibility index (Phi) is 4.18. The van der Waals surface area contributed by atoms with Crippen molar-refractivity contribution in [2.75, 3.05) is 0 Å². The van der Waals surface area contributed by atoms with E-state index in [2.05, 4.69) is 45.2 Å². The van der Waals surface area contributed by atoms with Gasteiger partial charge in [-0.25, -0.2) is 5.01 Å². The summed E-state index contributed by atoms with van der Waals surface area (Å²) in [6.45, 7) is 0. The number of rotatable bonds is 2. The zero-order chi connectivity index (χ0) is 18.4. The van der Waals surface area contributed by atoms with Crippen LogP contribution in [0.15, 0.2) is 82.4 Å². The first-order chi connectivity index (χ1) is 13.2. The van der Waals surface area contributed by atoms with Crippen LogP contribution in [0.1, 0.15) is 35.4 Å². The third-order valence-corrected chi connectivity index (χ3v) is 5.81. The van der Waals surface area contributed by atoms with Crippen LogP contribution in [0, 0.1) is 0 Å². The van der Waals surface area contributed by atoms with Crippen LogP contribution in [0.4, 0.5) is 0 Å². The maximum atomic E-state index is 6.36. The maximum Gasteiger partial charge on any atom is 0.213 e. The summed E-state index contributed by atoms with van der Waals surface area (Å²) in [4.78, 5) is 0. The first kappa shape index (κ1) is 16.8. The van der Waals surface area contributed by atoms with Crippen molar-refractivity contribution >= 4 is 33.2 Å². The summed E-state index contributed by atoms with van der Waals surface area (Å²) >= 11 is 9.55. The fourth-order valence-corrected chi connectivity index (χ4v) is 4.09. The van der Waals surface area contributed by atoms with E-state index in [9.17, 15) is 0 Å². The van der Waals surface area contributed by atoms with Gasteiger partial charge in [0.2, 0.25) is 6.23 Å². The van der Waals surface area contributed by atoms with E-state index in [0.29, 0.717) is 0 Å². The van der Waals surface area contributed by atoms with E-state index in [4.69, 9.17) is 21.4 Å². The van der Waals surface area contributed by atoms with Crippen LogP contribution in [-0.4, -0.2) is 10.7 Å². The van der Waals surface area contributed by atoms with Gasteiger partial charge >= 0.3 is 0 Å². The number of para-hydroxylation sites is 1. The molecule has 0 amide bonds. The topological polar surface area (TPSA) is 24.8 Å². The fourth-order valence-electron chi connectivity index (χ4n) is 3.70. The van der Waals surface area contributed by atoms with E-state index in [1.807, 2.05) is 48.5 Å². The monoisotopic (exact) mass is 438 g/mol. The van der Waals surface area contributed by atoms with Gasteiger partial charge in [-0.15, -0.1) is 0 Å². The molecule has 27 heavy (non-hydrogen) atoms. The van der Waals surface area contributed by atoms with E-state index in [1.54, 1.807) is 0 Å². The van der Waals surface area contributed by atoms with Crippen LogP contribution in [0.3, 0.4) is 0 Å². The van der Waals surface area contributed by atoms with Gasteiger partial charge in [-0.1, -0.05) is 70.0 Å². The minimum Gasteiger partial charge on any atom is -0.464 e. The zero-order valence-corrected chi connectivity index (χ0v) is 16.7. The average molecular weight is 440 g/mol. The molecule has 5 rings (SSSR count). The van der Waals surface area contributed by atoms with Crippen LogP contribution < -0.4 is 4.74 Å². The summed E-state index contributed by atoms with van der Waals surface area (Å²) in [5.41, 5.74) is 4.41. The lowest BCUT2D eigenvalue weighted by molar-refractivity contribution is -0.0190. The quantitative estimate of drug-likeness (QED) is 0.465. The van der Waals surface area contributed by atoms with Crippen molar-refractivity contribution in [2.45, 2.75) is 18.7 Å². The molecule has 0 unspecified atom stereocenters. The van der Waals surface area contributed by atoms with E-state index in [1.165, 1.54) is 5.56 Å². The van der Waals surface area contributed by atoms with Gasteiger partial charge < -0.3 is 4.74 Å². The molecule has 0 bridgehead atoms. The van der Waals surface area contributed by atoms with Crippen LogP contribution in [0.5, 0.6) is 5.75 Å². The van der Waals surface area contributed by atoms with Crippen LogP contribution in [0.25, 0.3) is 0 Å². The molecule has 0 radical (unpaired) electrons. The average Bonchev–Trinajstić information content (AvgIpc) is 3.14. The van der Waals surface area contributed by atoms with E-state index in [-0.39, 0.29) is 12.3 Å². The summed E-state index contributed by atoms with van der Waals surface area (Å²) in [7, 11) is 0. The van der Waals surface area contributed by atoms with Gasteiger partial charge in [0.25, 0.3) is 0 Å². The van der Waals surface area contributed by atoms with Crippen LogP contribution in [-0.2, 0) is 0 Å². The number of hydrazone groups is 1. The number of hydrogen-bond donors (Lipinski definition) is 0. The van der Waals surface area contributed by atoms with Crippen molar-refractivity contribution < 1.29 is 4.74 Å². The molecule has 0 saturated heterocycles. The lowest BCUT2D eigenvalue weighted by Gasteiger charge is -2.38. The highest BCUT2D eigenvalue weighted by Crippen LogP contribution is 2.47. The lowest BCUT2D eigenvalue weighted by atomic mass is 9.96. The van der Waals surface area contributed by atoms with Crippen molar-refractivity contribution in [1.29, 1.82) is 0 Å². The Bertz CT molecular complexity index is 1020. The van der Waals surface area contributed by atoms with Crippen molar-refractivity contribution in [3.8, 4) is 5.75 Å². The Morgan fingerprint density at radius 1 is 0.963 bits per heavy atom. The Hall–Kier alpha value is -2.30. The zero-order valence-electron chi connectivity index (χ0n) is 14.3. The number of benzene rings is 3. The highest BCUT2D eigenvalue weighted by Gasteiger charge is 2.40. The summed E-state index contributed by atoms with van der Waals surface area (Å²) in [6.07, 6.45) is 0.595. The normalized spacial score (nSPS) is 20.5. The highest BCUT2D eigenvalue weighted by molar-refractivity contribution is 9.10. The Balaban J connectivity index is 1.58.